The number of nitrogens with zero attached hydrogens (tertiary/aromatic N) is 1. The first kappa shape index (κ1) is 13.3. The van der Waals surface area contributed by atoms with Crippen LogP contribution in [0.3, 0.4) is 0 Å². The minimum atomic E-state index is -4.70. The largest absolute Gasteiger partial charge is 0.406 e. The second-order valence-electron chi connectivity index (χ2n) is 3.94. The summed E-state index contributed by atoms with van der Waals surface area (Å²) in [6.45, 7) is -1.69. The van der Waals surface area contributed by atoms with Crippen LogP contribution < -0.4 is 5.32 Å². The number of urea groups is 1. The van der Waals surface area contributed by atoms with Crippen LogP contribution in [0, 0.1) is 5.82 Å². The summed E-state index contributed by atoms with van der Waals surface area (Å²) in [4.78, 5) is 23.1. The fourth-order valence-electron chi connectivity index (χ4n) is 1.77. The van der Waals surface area contributed by atoms with E-state index in [0.29, 0.717) is 0 Å². The number of amides is 3. The third-order valence-electron chi connectivity index (χ3n) is 2.58. The molecular formula is C11H8F4N2O2. The summed E-state index contributed by atoms with van der Waals surface area (Å²) in [6.07, 6.45) is -4.70. The first-order valence-electron chi connectivity index (χ1n) is 5.22. The van der Waals surface area contributed by atoms with E-state index >= 15 is 0 Å². The van der Waals surface area contributed by atoms with Crippen molar-refractivity contribution in [3.05, 3.63) is 35.6 Å². The van der Waals surface area contributed by atoms with Gasteiger partial charge in [-0.3, -0.25) is 9.69 Å². The van der Waals surface area contributed by atoms with E-state index in [-0.39, 0.29) is 10.5 Å². The van der Waals surface area contributed by atoms with Gasteiger partial charge >= 0.3 is 12.2 Å². The molecule has 1 aliphatic rings. The van der Waals surface area contributed by atoms with Crippen LogP contribution in [0.1, 0.15) is 11.6 Å². The molecule has 1 fully saturated rings. The number of nitrogens with one attached hydrogen (secondary N) is 1. The van der Waals surface area contributed by atoms with Gasteiger partial charge in [-0.05, 0) is 6.07 Å². The molecule has 1 N–H and O–H groups in total. The number of alkyl halides is 3. The van der Waals surface area contributed by atoms with Gasteiger partial charge in [0.15, 0.2) is 0 Å². The molecule has 0 bridgehead atoms. The molecule has 1 aromatic rings. The molecule has 1 heterocycles. The third kappa shape index (κ3) is 2.67. The molecule has 1 saturated heterocycles. The lowest BCUT2D eigenvalue weighted by atomic mass is 10.1. The molecular weight excluding hydrogens is 268 g/mol. The Hall–Kier alpha value is -2.12. The number of carbonyl (C=O) groups is 2. The number of hydrogen-bond donors (Lipinski definition) is 1. The zero-order chi connectivity index (χ0) is 14.2. The topological polar surface area (TPSA) is 49.4 Å². The normalized spacial score (nSPS) is 19.8. The molecule has 8 heteroatoms. The zero-order valence-electron chi connectivity index (χ0n) is 9.37. The van der Waals surface area contributed by atoms with Crippen molar-refractivity contribution >= 4 is 11.9 Å². The second kappa shape index (κ2) is 4.52. The summed E-state index contributed by atoms with van der Waals surface area (Å²) in [5, 5.41) is 2.03. The van der Waals surface area contributed by atoms with Crippen LogP contribution >= 0.6 is 0 Å². The predicted octanol–water partition coefficient (Wildman–Crippen LogP) is 1.98. The fraction of sp³-hybridized carbons (Fsp3) is 0.273. The molecule has 0 aliphatic carbocycles. The van der Waals surface area contributed by atoms with Crippen molar-refractivity contribution in [2.45, 2.75) is 12.2 Å². The maximum Gasteiger partial charge on any atom is 0.406 e. The first-order chi connectivity index (χ1) is 8.79. The Morgan fingerprint density at radius 2 is 1.84 bits per heavy atom. The van der Waals surface area contributed by atoms with Gasteiger partial charge in [0.05, 0.1) is 0 Å². The van der Waals surface area contributed by atoms with Crippen molar-refractivity contribution < 1.29 is 27.2 Å². The van der Waals surface area contributed by atoms with Crippen LogP contribution in [0.5, 0.6) is 0 Å². The molecule has 1 aromatic carbocycles. The van der Waals surface area contributed by atoms with E-state index in [1.165, 1.54) is 18.2 Å². The zero-order valence-corrected chi connectivity index (χ0v) is 9.37. The van der Waals surface area contributed by atoms with Crippen LogP contribution in [0.25, 0.3) is 0 Å². The number of imide groups is 1. The summed E-state index contributed by atoms with van der Waals surface area (Å²) in [5.41, 5.74) is -0.162. The van der Waals surface area contributed by atoms with Crippen molar-refractivity contribution in [2.24, 2.45) is 0 Å². The molecule has 0 unspecified atom stereocenters. The van der Waals surface area contributed by atoms with Crippen LogP contribution in [-0.4, -0.2) is 29.6 Å². The maximum atomic E-state index is 13.5. The third-order valence-corrected chi connectivity index (χ3v) is 2.58. The quantitative estimate of drug-likeness (QED) is 0.663. The highest BCUT2D eigenvalue weighted by Crippen LogP contribution is 2.26. The molecule has 1 atom stereocenters. The van der Waals surface area contributed by atoms with Crippen molar-refractivity contribution in [3.63, 3.8) is 0 Å². The number of halogens is 4. The van der Waals surface area contributed by atoms with E-state index in [4.69, 9.17) is 0 Å². The Balaban J connectivity index is 2.26. The van der Waals surface area contributed by atoms with Gasteiger partial charge in [0.1, 0.15) is 18.4 Å². The van der Waals surface area contributed by atoms with E-state index < -0.39 is 36.5 Å². The molecule has 0 spiro atoms. The Bertz CT molecular complexity index is 530. The number of hydrogen-bond acceptors (Lipinski definition) is 2. The average molecular weight is 276 g/mol. The molecule has 0 aromatic heterocycles. The standard InChI is InChI=1S/C11H8F4N2O2/c12-7-4-2-1-3-6(7)8-9(18)17(10(19)16-8)5-11(13,14)15/h1-4,8H,5H2,(H,16,19)/t8-/m0/s1. The van der Waals surface area contributed by atoms with Gasteiger partial charge in [0.25, 0.3) is 5.91 Å². The van der Waals surface area contributed by atoms with Crippen molar-refractivity contribution in [1.29, 1.82) is 0 Å². The molecule has 0 saturated carbocycles. The van der Waals surface area contributed by atoms with Gasteiger partial charge in [-0.15, -0.1) is 0 Å². The van der Waals surface area contributed by atoms with E-state index in [2.05, 4.69) is 0 Å². The van der Waals surface area contributed by atoms with Gasteiger partial charge in [-0.1, -0.05) is 18.2 Å². The fourth-order valence-corrected chi connectivity index (χ4v) is 1.77. The Morgan fingerprint density at radius 1 is 1.21 bits per heavy atom. The molecule has 1 aliphatic heterocycles. The lowest BCUT2D eigenvalue weighted by Crippen LogP contribution is -2.39. The van der Waals surface area contributed by atoms with Crippen molar-refractivity contribution in [1.82, 2.24) is 10.2 Å². The highest BCUT2D eigenvalue weighted by atomic mass is 19.4. The Kier molecular flexibility index (Phi) is 3.17. The lowest BCUT2D eigenvalue weighted by Gasteiger charge is -2.15. The summed E-state index contributed by atoms with van der Waals surface area (Å²) in [5.74, 6) is -1.89. The van der Waals surface area contributed by atoms with Gasteiger partial charge in [-0.25, -0.2) is 9.18 Å². The summed E-state index contributed by atoms with van der Waals surface area (Å²) < 4.78 is 50.1. The first-order valence-corrected chi connectivity index (χ1v) is 5.22. The minimum Gasteiger partial charge on any atom is -0.322 e. The molecule has 0 radical (unpaired) electrons. The molecule has 4 nitrogen and oxygen atoms in total. The number of rotatable bonds is 2. The van der Waals surface area contributed by atoms with Gasteiger partial charge in [0.2, 0.25) is 0 Å². The molecule has 2 rings (SSSR count). The summed E-state index contributed by atoms with van der Waals surface area (Å²) in [6, 6.07) is 2.47. The van der Waals surface area contributed by atoms with Crippen molar-refractivity contribution in [3.8, 4) is 0 Å². The summed E-state index contributed by atoms with van der Waals surface area (Å²) in [7, 11) is 0. The van der Waals surface area contributed by atoms with Crippen molar-refractivity contribution in [2.75, 3.05) is 6.54 Å². The van der Waals surface area contributed by atoms with Gasteiger partial charge in [-0.2, -0.15) is 13.2 Å². The van der Waals surface area contributed by atoms with Crippen LogP contribution in [-0.2, 0) is 4.79 Å². The van der Waals surface area contributed by atoms with Crippen LogP contribution in [0.15, 0.2) is 24.3 Å². The van der Waals surface area contributed by atoms with E-state index in [1.807, 2.05) is 5.32 Å². The molecule has 19 heavy (non-hydrogen) atoms. The van der Waals surface area contributed by atoms with Crippen LogP contribution in [0.2, 0.25) is 0 Å². The number of benzene rings is 1. The lowest BCUT2D eigenvalue weighted by molar-refractivity contribution is -0.153. The van der Waals surface area contributed by atoms with Crippen LogP contribution in [0.4, 0.5) is 22.4 Å². The molecule has 102 valence electrons. The maximum absolute atomic E-state index is 13.5. The van der Waals surface area contributed by atoms with E-state index in [1.54, 1.807) is 0 Å². The summed E-state index contributed by atoms with van der Waals surface area (Å²) >= 11 is 0. The van der Waals surface area contributed by atoms with Gasteiger partial charge in [0, 0.05) is 5.56 Å². The van der Waals surface area contributed by atoms with E-state index in [9.17, 15) is 27.2 Å². The highest BCUT2D eigenvalue weighted by Gasteiger charge is 2.45. The van der Waals surface area contributed by atoms with Gasteiger partial charge < -0.3 is 5.32 Å². The second-order valence-corrected chi connectivity index (χ2v) is 3.94. The Labute approximate surface area is 105 Å². The van der Waals surface area contributed by atoms with E-state index in [0.717, 1.165) is 6.07 Å². The monoisotopic (exact) mass is 276 g/mol. The Morgan fingerprint density at radius 3 is 2.42 bits per heavy atom. The highest BCUT2D eigenvalue weighted by molar-refractivity contribution is 6.04. The minimum absolute atomic E-state index is 0.0249. The predicted molar refractivity (Wildman–Crippen MR) is 55.4 cm³/mol. The average Bonchev–Trinajstić information content (AvgIpc) is 2.56. The SMILES string of the molecule is O=C1N[C@@H](c2ccccc2F)C(=O)N1CC(F)(F)F. The number of carbonyl (C=O) groups excluding carboxylic acids is 2. The molecule has 3 amide bonds. The smallest absolute Gasteiger partial charge is 0.322 e.